The number of allylic oxidation sites excluding steroid dienone is 2. The second-order valence-electron chi connectivity index (χ2n) is 5.20. The zero-order chi connectivity index (χ0) is 14.2. The van der Waals surface area contributed by atoms with E-state index in [-0.39, 0.29) is 0 Å². The zero-order valence-electron chi connectivity index (χ0n) is 11.6. The van der Waals surface area contributed by atoms with Crippen LogP contribution >= 0.6 is 0 Å². The van der Waals surface area contributed by atoms with Crippen LogP contribution in [0, 0.1) is 5.92 Å². The number of oxime groups is 2. The largest absolute Gasteiger partial charge is 0.411 e. The van der Waals surface area contributed by atoms with E-state index in [0.717, 1.165) is 51.1 Å². The normalized spacial score (nSPS) is 22.0. The Bertz CT molecular complexity index is 409. The minimum atomic E-state index is 0.425. The van der Waals surface area contributed by atoms with Crippen molar-refractivity contribution >= 4 is 12.4 Å². The summed E-state index contributed by atoms with van der Waals surface area (Å²) in [7, 11) is 0. The molecule has 0 bridgehead atoms. The van der Waals surface area contributed by atoms with E-state index in [2.05, 4.69) is 20.1 Å². The zero-order valence-corrected chi connectivity index (χ0v) is 11.6. The van der Waals surface area contributed by atoms with Crippen molar-refractivity contribution in [1.29, 1.82) is 0 Å². The minimum absolute atomic E-state index is 0.425. The van der Waals surface area contributed by atoms with Gasteiger partial charge in [-0.3, -0.25) is 0 Å². The number of hydrogen-bond acceptors (Lipinski definition) is 6. The van der Waals surface area contributed by atoms with Gasteiger partial charge in [0.2, 0.25) is 0 Å². The van der Waals surface area contributed by atoms with Gasteiger partial charge in [-0.25, -0.2) is 0 Å². The summed E-state index contributed by atoms with van der Waals surface area (Å²) in [4.78, 5) is 4.69. The summed E-state index contributed by atoms with van der Waals surface area (Å²) in [6.07, 6.45) is 11.3. The molecule has 0 spiro atoms. The van der Waals surface area contributed by atoms with Crippen molar-refractivity contribution in [3.05, 3.63) is 23.9 Å². The van der Waals surface area contributed by atoms with Crippen LogP contribution < -0.4 is 0 Å². The monoisotopic (exact) mass is 278 g/mol. The summed E-state index contributed by atoms with van der Waals surface area (Å²) in [5.74, 6) is 0.425. The summed E-state index contributed by atoms with van der Waals surface area (Å²) in [6, 6.07) is 0. The number of rotatable bonds is 5. The summed E-state index contributed by atoms with van der Waals surface area (Å²) in [6.45, 7) is 5.02. The maximum Gasteiger partial charge on any atom is 0.0731 e. The summed E-state index contributed by atoms with van der Waals surface area (Å²) in [5.41, 5.74) is 0.938. The fourth-order valence-corrected chi connectivity index (χ4v) is 2.56. The Morgan fingerprint density at radius 3 is 2.60 bits per heavy atom. The molecule has 0 aromatic carbocycles. The van der Waals surface area contributed by atoms with Gasteiger partial charge in [-0.05, 0) is 43.5 Å². The first-order valence-corrected chi connectivity index (χ1v) is 7.01. The lowest BCUT2D eigenvalue weighted by Crippen LogP contribution is -2.39. The van der Waals surface area contributed by atoms with E-state index in [4.69, 9.17) is 10.4 Å². The molecule has 0 radical (unpaired) electrons. The topological polar surface area (TPSA) is 71.7 Å². The molecule has 6 nitrogen and oxygen atoms in total. The van der Waals surface area contributed by atoms with Gasteiger partial charge in [0.25, 0.3) is 0 Å². The highest BCUT2D eigenvalue weighted by Crippen LogP contribution is 2.15. The highest BCUT2D eigenvalue weighted by Gasteiger charge is 2.18. The molecule has 2 heterocycles. The van der Waals surface area contributed by atoms with Crippen LogP contribution in [0.15, 0.2) is 34.2 Å². The molecule has 1 fully saturated rings. The Kier molecular flexibility index (Phi) is 5.61. The van der Waals surface area contributed by atoms with Crippen molar-refractivity contribution in [2.45, 2.75) is 12.8 Å². The maximum atomic E-state index is 8.53. The molecule has 2 N–H and O–H groups in total. The molecule has 2 aliphatic heterocycles. The predicted molar refractivity (Wildman–Crippen MR) is 78.5 cm³/mol. The number of hydrogen-bond donors (Lipinski definition) is 2. The van der Waals surface area contributed by atoms with Crippen molar-refractivity contribution in [1.82, 2.24) is 9.80 Å². The van der Waals surface area contributed by atoms with Gasteiger partial charge in [0.15, 0.2) is 0 Å². The standard InChI is InChI=1S/C14H22N4O2/c19-15-11-13-1-5-17(6-2-13)9-10-18-7-3-14(4-8-18)12-16-20/h1-2,5,11-12,14,19-20H,3-4,6-10H2/b15-11+,16-12+. The highest BCUT2D eigenvalue weighted by atomic mass is 16.4. The molecule has 6 heteroatoms. The van der Waals surface area contributed by atoms with Crippen LogP contribution in [0.1, 0.15) is 12.8 Å². The molecule has 0 atom stereocenters. The van der Waals surface area contributed by atoms with Crippen LogP contribution in [0.4, 0.5) is 0 Å². The average molecular weight is 278 g/mol. The summed E-state index contributed by atoms with van der Waals surface area (Å²) >= 11 is 0. The van der Waals surface area contributed by atoms with Crippen LogP contribution in [-0.4, -0.2) is 65.4 Å². The van der Waals surface area contributed by atoms with Crippen LogP contribution in [0.25, 0.3) is 0 Å². The van der Waals surface area contributed by atoms with Crippen molar-refractivity contribution in [2.24, 2.45) is 16.2 Å². The van der Waals surface area contributed by atoms with Crippen LogP contribution in [0.2, 0.25) is 0 Å². The average Bonchev–Trinajstić information content (AvgIpc) is 2.49. The van der Waals surface area contributed by atoms with Gasteiger partial charge in [-0.2, -0.15) is 0 Å². The first kappa shape index (κ1) is 14.6. The number of piperidine rings is 1. The Morgan fingerprint density at radius 2 is 2.00 bits per heavy atom. The van der Waals surface area contributed by atoms with Gasteiger partial charge in [0, 0.05) is 32.0 Å². The Labute approximate surface area is 119 Å². The first-order valence-electron chi connectivity index (χ1n) is 7.01. The molecule has 20 heavy (non-hydrogen) atoms. The van der Waals surface area contributed by atoms with Gasteiger partial charge in [-0.15, -0.1) is 5.16 Å². The second kappa shape index (κ2) is 7.69. The summed E-state index contributed by atoms with van der Waals surface area (Å²) in [5, 5.41) is 23.2. The molecule has 2 rings (SSSR count). The number of nitrogens with zero attached hydrogens (tertiary/aromatic N) is 4. The molecular formula is C14H22N4O2. The van der Waals surface area contributed by atoms with Crippen LogP contribution in [-0.2, 0) is 0 Å². The lowest BCUT2D eigenvalue weighted by Gasteiger charge is -2.32. The Balaban J connectivity index is 1.66. The van der Waals surface area contributed by atoms with Crippen LogP contribution in [0.3, 0.4) is 0 Å². The van der Waals surface area contributed by atoms with Crippen molar-refractivity contribution in [3.8, 4) is 0 Å². The molecular weight excluding hydrogens is 256 g/mol. The fourth-order valence-electron chi connectivity index (χ4n) is 2.56. The molecule has 0 aromatic rings. The third-order valence-electron chi connectivity index (χ3n) is 3.86. The molecule has 0 aromatic heterocycles. The third kappa shape index (κ3) is 4.38. The third-order valence-corrected chi connectivity index (χ3v) is 3.86. The number of likely N-dealkylation sites (tertiary alicyclic amines) is 1. The maximum absolute atomic E-state index is 8.53. The Morgan fingerprint density at radius 1 is 1.20 bits per heavy atom. The second-order valence-corrected chi connectivity index (χ2v) is 5.20. The first-order chi connectivity index (χ1) is 9.81. The molecule has 0 unspecified atom stereocenters. The molecule has 2 aliphatic rings. The van der Waals surface area contributed by atoms with Crippen molar-refractivity contribution in [3.63, 3.8) is 0 Å². The van der Waals surface area contributed by atoms with Gasteiger partial charge >= 0.3 is 0 Å². The van der Waals surface area contributed by atoms with E-state index < -0.39 is 0 Å². The lowest BCUT2D eigenvalue weighted by molar-refractivity contribution is 0.192. The van der Waals surface area contributed by atoms with E-state index in [0.29, 0.717) is 5.92 Å². The van der Waals surface area contributed by atoms with Crippen molar-refractivity contribution < 1.29 is 10.4 Å². The van der Waals surface area contributed by atoms with Crippen molar-refractivity contribution in [2.75, 3.05) is 32.7 Å². The smallest absolute Gasteiger partial charge is 0.0731 e. The van der Waals surface area contributed by atoms with Gasteiger partial charge < -0.3 is 20.2 Å². The summed E-state index contributed by atoms with van der Waals surface area (Å²) < 4.78 is 0. The minimum Gasteiger partial charge on any atom is -0.411 e. The van der Waals surface area contributed by atoms with Crippen LogP contribution in [0.5, 0.6) is 0 Å². The molecule has 0 saturated carbocycles. The lowest BCUT2D eigenvalue weighted by atomic mass is 9.98. The predicted octanol–water partition coefficient (Wildman–Crippen LogP) is 1.37. The van der Waals surface area contributed by atoms with Gasteiger partial charge in [-0.1, -0.05) is 11.2 Å². The Hall–Kier alpha value is -1.82. The van der Waals surface area contributed by atoms with Gasteiger partial charge in [0.05, 0.1) is 6.21 Å². The fraction of sp³-hybridized carbons (Fsp3) is 0.571. The van der Waals surface area contributed by atoms with E-state index in [1.807, 2.05) is 18.4 Å². The quantitative estimate of drug-likeness (QED) is 0.453. The molecule has 0 amide bonds. The van der Waals surface area contributed by atoms with Gasteiger partial charge in [0.1, 0.15) is 0 Å². The van der Waals surface area contributed by atoms with E-state index >= 15 is 0 Å². The molecule has 1 saturated heterocycles. The SMILES string of the molecule is O/N=C/C1=CCN(CCN2CCC(/C=N/O)CC2)C=C1. The van der Waals surface area contributed by atoms with E-state index in [1.54, 1.807) is 6.21 Å². The molecule has 110 valence electrons. The van der Waals surface area contributed by atoms with E-state index in [9.17, 15) is 0 Å². The van der Waals surface area contributed by atoms with E-state index in [1.165, 1.54) is 6.21 Å². The molecule has 0 aliphatic carbocycles. The highest BCUT2D eigenvalue weighted by molar-refractivity contribution is 5.82.